The highest BCUT2D eigenvalue weighted by molar-refractivity contribution is 6.33. The second kappa shape index (κ2) is 8.51. The molecule has 1 aromatic rings. The minimum absolute atomic E-state index is 0.0101. The first-order chi connectivity index (χ1) is 15.5. The van der Waals surface area contributed by atoms with Crippen LogP contribution in [0.3, 0.4) is 0 Å². The highest BCUT2D eigenvalue weighted by atomic mass is 35.5. The molecular formula is C22H26ClN3O7. The third-order valence-corrected chi connectivity index (χ3v) is 7.29. The summed E-state index contributed by atoms with van der Waals surface area (Å²) >= 11 is 5.98. The lowest BCUT2D eigenvalue weighted by atomic mass is 9.77. The molecule has 4 atom stereocenters. The molecule has 0 saturated carbocycles. The molecule has 2 fully saturated rings. The van der Waals surface area contributed by atoms with Gasteiger partial charge in [0.05, 0.1) is 29.0 Å². The minimum atomic E-state index is -1.17. The zero-order valence-corrected chi connectivity index (χ0v) is 18.9. The number of halogens is 1. The number of phenolic OH excluding ortho intramolecular Hbond substituents is 2. The van der Waals surface area contributed by atoms with E-state index in [1.165, 1.54) is 24.0 Å². The highest BCUT2D eigenvalue weighted by Crippen LogP contribution is 2.47. The number of aliphatic hydroxyl groups excluding tert-OH is 1. The van der Waals surface area contributed by atoms with Crippen LogP contribution in [0.2, 0.25) is 5.02 Å². The van der Waals surface area contributed by atoms with Crippen molar-refractivity contribution >= 4 is 29.4 Å². The standard InChI is InChI=1S/C22H26ClN3O7/c1-9-13(18(22(32)33)26-17(9)15(10(2)27)21(26)31)8-25-6-12(7-25)20(30)24-5-11-3-4-14(28)19(29)16(11)23/h3-4,9-10,12,15,17,27-29H,5-8H2,1-2H3,(H,24,30)(H,32,33)/t9-,10+,15+,17+/m0/s1. The van der Waals surface area contributed by atoms with Crippen LogP contribution in [-0.4, -0.2) is 79.8 Å². The third-order valence-electron chi connectivity index (χ3n) is 6.87. The van der Waals surface area contributed by atoms with Crippen LogP contribution in [0.25, 0.3) is 0 Å². The van der Waals surface area contributed by atoms with Crippen LogP contribution >= 0.6 is 11.6 Å². The molecule has 3 aliphatic rings. The average molecular weight is 480 g/mol. The summed E-state index contributed by atoms with van der Waals surface area (Å²) < 4.78 is 0. The number of hydrogen-bond donors (Lipinski definition) is 5. The summed E-state index contributed by atoms with van der Waals surface area (Å²) in [6.07, 6.45) is -0.850. The number of aromatic hydroxyl groups is 2. The molecular weight excluding hydrogens is 454 g/mol. The quantitative estimate of drug-likeness (QED) is 0.280. The number of carbonyl (C=O) groups excluding carboxylic acids is 2. The third kappa shape index (κ3) is 3.81. The summed E-state index contributed by atoms with van der Waals surface area (Å²) in [5.74, 6) is -3.60. The highest BCUT2D eigenvalue weighted by Gasteiger charge is 2.60. The number of likely N-dealkylation sites (tertiary alicyclic amines) is 1. The molecule has 33 heavy (non-hydrogen) atoms. The van der Waals surface area contributed by atoms with Crippen molar-refractivity contribution in [1.29, 1.82) is 0 Å². The van der Waals surface area contributed by atoms with E-state index < -0.39 is 23.7 Å². The number of benzene rings is 1. The van der Waals surface area contributed by atoms with Crippen molar-refractivity contribution in [3.63, 3.8) is 0 Å². The Morgan fingerprint density at radius 3 is 2.55 bits per heavy atom. The second-order valence-electron chi connectivity index (χ2n) is 8.95. The minimum Gasteiger partial charge on any atom is -0.504 e. The molecule has 0 aliphatic carbocycles. The van der Waals surface area contributed by atoms with E-state index in [2.05, 4.69) is 5.32 Å². The number of nitrogens with zero attached hydrogens (tertiary/aromatic N) is 2. The van der Waals surface area contributed by atoms with Gasteiger partial charge >= 0.3 is 5.97 Å². The van der Waals surface area contributed by atoms with E-state index in [4.69, 9.17) is 11.6 Å². The summed E-state index contributed by atoms with van der Waals surface area (Å²) in [7, 11) is 0. The van der Waals surface area contributed by atoms with Crippen LogP contribution < -0.4 is 5.32 Å². The van der Waals surface area contributed by atoms with E-state index in [1.807, 2.05) is 11.8 Å². The van der Waals surface area contributed by atoms with Crippen molar-refractivity contribution in [3.8, 4) is 11.5 Å². The van der Waals surface area contributed by atoms with E-state index >= 15 is 0 Å². The number of carboxylic acids is 1. The fourth-order valence-corrected chi connectivity index (χ4v) is 5.25. The lowest BCUT2D eigenvalue weighted by molar-refractivity contribution is -0.163. The summed E-state index contributed by atoms with van der Waals surface area (Å²) in [4.78, 5) is 40.0. The number of hydrogen-bond acceptors (Lipinski definition) is 7. The van der Waals surface area contributed by atoms with Gasteiger partial charge in [-0.3, -0.25) is 14.5 Å². The summed E-state index contributed by atoms with van der Waals surface area (Å²) in [5, 5.41) is 41.5. The maximum Gasteiger partial charge on any atom is 0.352 e. The molecule has 0 spiro atoms. The van der Waals surface area contributed by atoms with Crippen LogP contribution in [0.4, 0.5) is 0 Å². The number of β-lactam (4-membered cyclic amide) rings is 1. The molecule has 0 radical (unpaired) electrons. The Morgan fingerprint density at radius 1 is 1.27 bits per heavy atom. The van der Waals surface area contributed by atoms with Gasteiger partial charge in [-0.2, -0.15) is 0 Å². The SMILES string of the molecule is C[C@@H](O)[C@H]1C(=O)N2C(C(=O)O)=C(CN3CC(C(=O)NCc4ccc(O)c(O)c4Cl)C3)[C@H](C)[C@H]12. The average Bonchev–Trinajstić information content (AvgIpc) is 2.96. The fourth-order valence-electron chi connectivity index (χ4n) is 5.02. The maximum absolute atomic E-state index is 12.5. The first-order valence-electron chi connectivity index (χ1n) is 10.7. The molecule has 3 aliphatic heterocycles. The predicted molar refractivity (Wildman–Crippen MR) is 116 cm³/mol. The van der Waals surface area contributed by atoms with Gasteiger partial charge < -0.3 is 30.6 Å². The van der Waals surface area contributed by atoms with E-state index in [9.17, 15) is 34.8 Å². The van der Waals surface area contributed by atoms with Gasteiger partial charge in [0.1, 0.15) is 5.70 Å². The number of amides is 2. The van der Waals surface area contributed by atoms with E-state index in [0.29, 0.717) is 30.8 Å². The largest absolute Gasteiger partial charge is 0.504 e. The van der Waals surface area contributed by atoms with Gasteiger partial charge in [0, 0.05) is 32.1 Å². The Bertz CT molecular complexity index is 1050. The Balaban J connectivity index is 1.35. The van der Waals surface area contributed by atoms with Gasteiger partial charge in [0.15, 0.2) is 11.5 Å². The molecule has 4 rings (SSSR count). The fraction of sp³-hybridized carbons (Fsp3) is 0.500. The monoisotopic (exact) mass is 479 g/mol. The molecule has 1 aromatic carbocycles. The number of carbonyl (C=O) groups is 3. The molecule has 3 heterocycles. The van der Waals surface area contributed by atoms with Gasteiger partial charge in [0.25, 0.3) is 0 Å². The van der Waals surface area contributed by atoms with E-state index in [-0.39, 0.29) is 52.7 Å². The van der Waals surface area contributed by atoms with Crippen molar-refractivity contribution in [2.45, 2.75) is 32.5 Å². The van der Waals surface area contributed by atoms with Gasteiger partial charge in [-0.15, -0.1) is 0 Å². The first-order valence-corrected chi connectivity index (χ1v) is 11.1. The molecule has 0 bridgehead atoms. The predicted octanol–water partition coefficient (Wildman–Crippen LogP) is 0.495. The Hall–Kier alpha value is -2.82. The topological polar surface area (TPSA) is 151 Å². The van der Waals surface area contributed by atoms with Crippen molar-refractivity contribution in [2.24, 2.45) is 17.8 Å². The van der Waals surface area contributed by atoms with Crippen molar-refractivity contribution in [3.05, 3.63) is 34.0 Å². The number of rotatable bonds is 7. The van der Waals surface area contributed by atoms with Gasteiger partial charge in [-0.05, 0) is 24.1 Å². The van der Waals surface area contributed by atoms with Crippen LogP contribution in [0.5, 0.6) is 11.5 Å². The number of carboxylic acid groups (broad SMARTS) is 1. The number of aliphatic carboxylic acids is 1. The molecule has 10 nitrogen and oxygen atoms in total. The van der Waals surface area contributed by atoms with E-state index in [0.717, 1.165) is 0 Å². The Morgan fingerprint density at radius 2 is 1.94 bits per heavy atom. The summed E-state index contributed by atoms with van der Waals surface area (Å²) in [5.41, 5.74) is 1.09. The Labute approximate surface area is 195 Å². The molecule has 5 N–H and O–H groups in total. The van der Waals surface area contributed by atoms with Crippen molar-refractivity contribution in [2.75, 3.05) is 19.6 Å². The zero-order chi connectivity index (χ0) is 24.2. The lowest BCUT2D eigenvalue weighted by Gasteiger charge is -2.46. The number of aliphatic hydroxyl groups is 1. The molecule has 2 amide bonds. The molecule has 0 aromatic heterocycles. The molecule has 0 unspecified atom stereocenters. The van der Waals surface area contributed by atoms with Crippen molar-refractivity contribution < 1.29 is 34.8 Å². The number of phenols is 2. The van der Waals surface area contributed by atoms with Gasteiger partial charge in [-0.1, -0.05) is 24.6 Å². The smallest absolute Gasteiger partial charge is 0.352 e. The number of nitrogens with one attached hydrogen (secondary N) is 1. The zero-order valence-electron chi connectivity index (χ0n) is 18.2. The van der Waals surface area contributed by atoms with Gasteiger partial charge in [0.2, 0.25) is 11.8 Å². The maximum atomic E-state index is 12.5. The molecule has 178 valence electrons. The van der Waals surface area contributed by atoms with Crippen LogP contribution in [0.15, 0.2) is 23.4 Å². The Kier molecular flexibility index (Phi) is 6.02. The second-order valence-corrected chi connectivity index (χ2v) is 9.33. The summed E-state index contributed by atoms with van der Waals surface area (Å²) in [6, 6.07) is 2.45. The molecule has 11 heteroatoms. The lowest BCUT2D eigenvalue weighted by Crippen LogP contribution is -2.63. The van der Waals surface area contributed by atoms with Crippen LogP contribution in [0.1, 0.15) is 19.4 Å². The first kappa shape index (κ1) is 23.3. The van der Waals surface area contributed by atoms with Crippen molar-refractivity contribution in [1.82, 2.24) is 15.1 Å². The normalized spacial score (nSPS) is 26.0. The number of fused-ring (bicyclic) bond motifs is 1. The van der Waals surface area contributed by atoms with Gasteiger partial charge in [-0.25, -0.2) is 4.79 Å². The van der Waals surface area contributed by atoms with Crippen LogP contribution in [-0.2, 0) is 20.9 Å². The van der Waals surface area contributed by atoms with Crippen LogP contribution in [0, 0.1) is 17.8 Å². The summed E-state index contributed by atoms with van der Waals surface area (Å²) in [6.45, 7) is 4.69. The van der Waals surface area contributed by atoms with E-state index in [1.54, 1.807) is 0 Å². The molecule has 2 saturated heterocycles.